The Morgan fingerprint density at radius 1 is 1.45 bits per heavy atom. The largest absolute Gasteiger partial charge is 0.360 e. The number of carbonyl (C=O) groups excluding carboxylic acids is 1. The molecule has 3 heterocycles. The molecule has 1 amide bonds. The third-order valence-electron chi connectivity index (χ3n) is 3.23. The lowest BCUT2D eigenvalue weighted by Crippen LogP contribution is -2.16. The number of imidazole rings is 1. The quantitative estimate of drug-likeness (QED) is 0.769. The normalized spacial score (nSPS) is 11.0. The minimum absolute atomic E-state index is 0.248. The van der Waals surface area contributed by atoms with Crippen LogP contribution in [0.3, 0.4) is 0 Å². The number of aryl methyl sites for hydroxylation is 2. The molecule has 3 aromatic rings. The van der Waals surface area contributed by atoms with Gasteiger partial charge in [0.1, 0.15) is 17.1 Å². The second kappa shape index (κ2) is 5.92. The van der Waals surface area contributed by atoms with Gasteiger partial charge in [0, 0.05) is 16.7 Å². The number of carbonyl (C=O) groups is 1. The Morgan fingerprint density at radius 3 is 2.95 bits per heavy atom. The zero-order valence-corrected chi connectivity index (χ0v) is 13.8. The fourth-order valence-electron chi connectivity index (χ4n) is 2.32. The number of hydrogen-bond donors (Lipinski definition) is 1. The average Bonchev–Trinajstić information content (AvgIpc) is 3.02. The lowest BCUT2D eigenvalue weighted by molar-refractivity contribution is 0.101. The highest BCUT2D eigenvalue weighted by atomic mass is 79.9. The second-order valence-electron chi connectivity index (χ2n) is 5.01. The maximum atomic E-state index is 12.6. The van der Waals surface area contributed by atoms with Crippen molar-refractivity contribution in [1.29, 1.82) is 0 Å². The summed E-state index contributed by atoms with van der Waals surface area (Å²) >= 11 is 3.43. The van der Waals surface area contributed by atoms with E-state index in [2.05, 4.69) is 38.3 Å². The van der Waals surface area contributed by atoms with Crippen LogP contribution in [0.2, 0.25) is 0 Å². The summed E-state index contributed by atoms with van der Waals surface area (Å²) in [5.41, 5.74) is 2.05. The Bertz CT molecular complexity index is 837. The van der Waals surface area contributed by atoms with E-state index in [-0.39, 0.29) is 5.91 Å². The third kappa shape index (κ3) is 2.76. The molecule has 0 saturated carbocycles. The molecule has 0 aliphatic rings. The van der Waals surface area contributed by atoms with Crippen LogP contribution in [0.5, 0.6) is 0 Å². The van der Waals surface area contributed by atoms with Crippen LogP contribution in [0.1, 0.15) is 35.3 Å². The van der Waals surface area contributed by atoms with Crippen molar-refractivity contribution in [3.63, 3.8) is 0 Å². The summed E-state index contributed by atoms with van der Waals surface area (Å²) in [6.07, 6.45) is 3.48. The van der Waals surface area contributed by atoms with Crippen molar-refractivity contribution in [1.82, 2.24) is 14.5 Å². The first-order valence-electron chi connectivity index (χ1n) is 6.99. The Balaban J connectivity index is 2.04. The minimum atomic E-state index is -0.248. The molecule has 3 aromatic heterocycles. The maximum Gasteiger partial charge on any atom is 0.275 e. The highest BCUT2D eigenvalue weighted by Crippen LogP contribution is 2.19. The van der Waals surface area contributed by atoms with Crippen molar-refractivity contribution in [2.24, 2.45) is 0 Å². The van der Waals surface area contributed by atoms with E-state index in [4.69, 9.17) is 4.52 Å². The SMILES string of the molecule is CCCc1nc2ccc(Br)cn2c1C(=O)Nc1cc(C)on1. The van der Waals surface area contributed by atoms with Crippen LogP contribution in [-0.2, 0) is 6.42 Å². The van der Waals surface area contributed by atoms with Crippen molar-refractivity contribution in [3.8, 4) is 0 Å². The van der Waals surface area contributed by atoms with Gasteiger partial charge in [0.25, 0.3) is 5.91 Å². The maximum absolute atomic E-state index is 12.6. The van der Waals surface area contributed by atoms with Gasteiger partial charge in [-0.1, -0.05) is 18.5 Å². The summed E-state index contributed by atoms with van der Waals surface area (Å²) in [5.74, 6) is 0.794. The monoisotopic (exact) mass is 362 g/mol. The van der Waals surface area contributed by atoms with E-state index < -0.39 is 0 Å². The van der Waals surface area contributed by atoms with E-state index in [1.165, 1.54) is 0 Å². The number of fused-ring (bicyclic) bond motifs is 1. The molecule has 7 heteroatoms. The number of amides is 1. The van der Waals surface area contributed by atoms with Crippen molar-refractivity contribution in [2.75, 3.05) is 5.32 Å². The number of rotatable bonds is 4. The first-order chi connectivity index (χ1) is 10.6. The molecule has 22 heavy (non-hydrogen) atoms. The Hall–Kier alpha value is -2.15. The molecule has 0 atom stereocenters. The number of hydrogen-bond acceptors (Lipinski definition) is 4. The van der Waals surface area contributed by atoms with Crippen molar-refractivity contribution < 1.29 is 9.32 Å². The number of halogens is 1. The third-order valence-corrected chi connectivity index (χ3v) is 3.70. The van der Waals surface area contributed by atoms with Gasteiger partial charge < -0.3 is 9.84 Å². The predicted octanol–water partition coefficient (Wildman–Crippen LogP) is 3.60. The van der Waals surface area contributed by atoms with Crippen molar-refractivity contribution >= 4 is 33.3 Å². The topological polar surface area (TPSA) is 72.4 Å². The van der Waals surface area contributed by atoms with E-state index in [0.717, 1.165) is 28.7 Å². The highest BCUT2D eigenvalue weighted by Gasteiger charge is 2.20. The van der Waals surface area contributed by atoms with Gasteiger partial charge in [0.05, 0.1) is 5.69 Å². The molecule has 0 spiro atoms. The molecular formula is C15H15BrN4O2. The van der Waals surface area contributed by atoms with Crippen LogP contribution in [0.25, 0.3) is 5.65 Å². The molecule has 0 bridgehead atoms. The number of pyridine rings is 1. The fourth-order valence-corrected chi connectivity index (χ4v) is 2.66. The number of nitrogens with one attached hydrogen (secondary N) is 1. The van der Waals surface area contributed by atoms with Gasteiger partial charge in [0.2, 0.25) is 0 Å². The van der Waals surface area contributed by atoms with Crippen LogP contribution in [0, 0.1) is 6.92 Å². The van der Waals surface area contributed by atoms with Gasteiger partial charge >= 0.3 is 0 Å². The van der Waals surface area contributed by atoms with E-state index in [0.29, 0.717) is 17.3 Å². The summed E-state index contributed by atoms with van der Waals surface area (Å²) < 4.78 is 7.64. The molecule has 0 aromatic carbocycles. The van der Waals surface area contributed by atoms with Gasteiger partial charge in [-0.15, -0.1) is 0 Å². The molecule has 0 aliphatic heterocycles. The van der Waals surface area contributed by atoms with E-state index in [1.807, 2.05) is 18.3 Å². The Morgan fingerprint density at radius 2 is 2.27 bits per heavy atom. The zero-order chi connectivity index (χ0) is 15.7. The molecule has 1 N–H and O–H groups in total. The summed E-state index contributed by atoms with van der Waals surface area (Å²) in [6, 6.07) is 5.46. The highest BCUT2D eigenvalue weighted by molar-refractivity contribution is 9.10. The van der Waals surface area contributed by atoms with Crippen molar-refractivity contribution in [2.45, 2.75) is 26.7 Å². The van der Waals surface area contributed by atoms with Gasteiger partial charge in [-0.2, -0.15) is 0 Å². The first-order valence-corrected chi connectivity index (χ1v) is 7.79. The molecule has 0 saturated heterocycles. The summed E-state index contributed by atoms with van der Waals surface area (Å²) in [6.45, 7) is 3.83. The first kappa shape index (κ1) is 14.8. The van der Waals surface area contributed by atoms with Crippen LogP contribution in [0.4, 0.5) is 5.82 Å². The summed E-state index contributed by atoms with van der Waals surface area (Å²) in [4.78, 5) is 17.2. The molecule has 0 unspecified atom stereocenters. The van der Waals surface area contributed by atoms with E-state index in [1.54, 1.807) is 17.4 Å². The zero-order valence-electron chi connectivity index (χ0n) is 12.3. The van der Waals surface area contributed by atoms with Gasteiger partial charge in [-0.3, -0.25) is 9.20 Å². The lowest BCUT2D eigenvalue weighted by atomic mass is 10.2. The van der Waals surface area contributed by atoms with Crippen LogP contribution >= 0.6 is 15.9 Å². The Kier molecular flexibility index (Phi) is 3.98. The molecule has 0 fully saturated rings. The smallest absolute Gasteiger partial charge is 0.275 e. The molecule has 6 nitrogen and oxygen atoms in total. The molecule has 0 aliphatic carbocycles. The van der Waals surface area contributed by atoms with E-state index in [9.17, 15) is 4.79 Å². The second-order valence-corrected chi connectivity index (χ2v) is 5.93. The van der Waals surface area contributed by atoms with Gasteiger partial charge in [-0.05, 0) is 41.4 Å². The van der Waals surface area contributed by atoms with Gasteiger partial charge in [-0.25, -0.2) is 4.98 Å². The standard InChI is InChI=1S/C15H15BrN4O2/c1-3-4-11-14(15(21)18-12-7-9(2)22-19-12)20-8-10(16)5-6-13(20)17-11/h5-8H,3-4H2,1-2H3,(H,18,19,21). The van der Waals surface area contributed by atoms with Gasteiger partial charge in [0.15, 0.2) is 5.82 Å². The number of aromatic nitrogens is 3. The van der Waals surface area contributed by atoms with Crippen LogP contribution < -0.4 is 5.32 Å². The fraction of sp³-hybridized carbons (Fsp3) is 0.267. The van der Waals surface area contributed by atoms with Crippen LogP contribution in [-0.4, -0.2) is 20.4 Å². The predicted molar refractivity (Wildman–Crippen MR) is 86.1 cm³/mol. The molecule has 3 rings (SSSR count). The molecular weight excluding hydrogens is 348 g/mol. The number of nitrogens with zero attached hydrogens (tertiary/aromatic N) is 3. The minimum Gasteiger partial charge on any atom is -0.360 e. The lowest BCUT2D eigenvalue weighted by Gasteiger charge is -2.04. The van der Waals surface area contributed by atoms with Crippen LogP contribution in [0.15, 0.2) is 33.4 Å². The summed E-state index contributed by atoms with van der Waals surface area (Å²) in [5, 5.41) is 6.55. The number of anilines is 1. The average molecular weight is 363 g/mol. The molecule has 0 radical (unpaired) electrons. The van der Waals surface area contributed by atoms with Crippen molar-refractivity contribution in [3.05, 3.63) is 46.0 Å². The Labute approximate surface area is 135 Å². The summed E-state index contributed by atoms with van der Waals surface area (Å²) in [7, 11) is 0. The van der Waals surface area contributed by atoms with E-state index >= 15 is 0 Å². The molecule has 114 valence electrons.